The van der Waals surface area contributed by atoms with Gasteiger partial charge in [-0.05, 0) is 40.5 Å². The molecule has 0 N–H and O–H groups in total. The number of hydrogen-bond acceptors (Lipinski definition) is 5. The third-order valence-corrected chi connectivity index (χ3v) is 4.95. The average molecular weight is 379 g/mol. The van der Waals surface area contributed by atoms with Gasteiger partial charge in [-0.2, -0.15) is 0 Å². The number of esters is 1. The molecular formula is C22H21NO3S. The van der Waals surface area contributed by atoms with Gasteiger partial charge in [-0.1, -0.05) is 42.5 Å². The molecule has 3 aromatic rings. The maximum atomic E-state index is 11.2. The molecule has 0 saturated carbocycles. The molecule has 0 bridgehead atoms. The Morgan fingerprint density at radius 1 is 1.00 bits per heavy atom. The summed E-state index contributed by atoms with van der Waals surface area (Å²) in [7, 11) is 1.40. The van der Waals surface area contributed by atoms with Crippen molar-refractivity contribution < 1.29 is 14.3 Å². The van der Waals surface area contributed by atoms with E-state index < -0.39 is 0 Å². The van der Waals surface area contributed by atoms with Gasteiger partial charge < -0.3 is 9.47 Å². The van der Waals surface area contributed by atoms with E-state index in [0.29, 0.717) is 12.4 Å². The van der Waals surface area contributed by atoms with E-state index in [0.717, 1.165) is 33.8 Å². The molecule has 138 valence electrons. The monoisotopic (exact) mass is 379 g/mol. The van der Waals surface area contributed by atoms with Gasteiger partial charge >= 0.3 is 5.97 Å². The van der Waals surface area contributed by atoms with Crippen molar-refractivity contribution in [2.75, 3.05) is 12.9 Å². The average Bonchev–Trinajstić information content (AvgIpc) is 2.73. The van der Waals surface area contributed by atoms with Crippen molar-refractivity contribution in [3.8, 4) is 16.9 Å². The van der Waals surface area contributed by atoms with Crippen molar-refractivity contribution in [1.29, 1.82) is 0 Å². The van der Waals surface area contributed by atoms with Crippen molar-refractivity contribution in [2.45, 2.75) is 12.4 Å². The normalized spacial score (nSPS) is 10.4. The summed E-state index contributed by atoms with van der Waals surface area (Å²) in [6.45, 7) is 0.506. The first-order valence-electron chi connectivity index (χ1n) is 8.60. The second-order valence-corrected chi connectivity index (χ2v) is 6.93. The summed E-state index contributed by atoms with van der Waals surface area (Å²) in [5.74, 6) is 1.71. The molecule has 0 aliphatic carbocycles. The van der Waals surface area contributed by atoms with E-state index in [1.54, 1.807) is 6.20 Å². The number of thioether (sulfide) groups is 1. The van der Waals surface area contributed by atoms with Crippen molar-refractivity contribution in [3.05, 3.63) is 84.2 Å². The van der Waals surface area contributed by atoms with Crippen LogP contribution in [0.4, 0.5) is 0 Å². The largest absolute Gasteiger partial charge is 0.489 e. The van der Waals surface area contributed by atoms with Gasteiger partial charge in [-0.3, -0.25) is 9.78 Å². The number of hydrogen-bond donors (Lipinski definition) is 0. The Kier molecular flexibility index (Phi) is 6.88. The molecule has 2 aromatic carbocycles. The highest BCUT2D eigenvalue weighted by Crippen LogP contribution is 2.21. The molecule has 0 aliphatic heterocycles. The maximum absolute atomic E-state index is 11.2. The second-order valence-electron chi connectivity index (χ2n) is 5.94. The lowest BCUT2D eigenvalue weighted by Crippen LogP contribution is -2.03. The second kappa shape index (κ2) is 9.78. The predicted octanol–water partition coefficient (Wildman–Crippen LogP) is 4.73. The number of pyridine rings is 1. The molecule has 5 heteroatoms. The van der Waals surface area contributed by atoms with E-state index in [9.17, 15) is 4.79 Å². The number of ether oxygens (including phenoxy) is 2. The molecule has 0 unspecified atom stereocenters. The molecule has 0 fully saturated rings. The topological polar surface area (TPSA) is 48.4 Å². The summed E-state index contributed by atoms with van der Waals surface area (Å²) < 4.78 is 10.6. The quantitative estimate of drug-likeness (QED) is 0.529. The third kappa shape index (κ3) is 5.86. The third-order valence-electron chi connectivity index (χ3n) is 3.97. The Bertz CT molecular complexity index is 866. The van der Waals surface area contributed by atoms with Gasteiger partial charge in [0.2, 0.25) is 0 Å². The standard InChI is InChI=1S/C22H21NO3S/c1-25-22(24)16-27-15-18-4-2-6-21(12-18)26-14-17-7-9-19(10-8-17)20-5-3-11-23-13-20/h2-13H,14-16H2,1H3. The molecule has 1 aromatic heterocycles. The molecule has 1 heterocycles. The first kappa shape index (κ1) is 19.0. The van der Waals surface area contributed by atoms with Gasteiger partial charge in [0, 0.05) is 18.1 Å². The van der Waals surface area contributed by atoms with Crippen LogP contribution in [0.3, 0.4) is 0 Å². The highest BCUT2D eigenvalue weighted by molar-refractivity contribution is 7.99. The molecule has 0 atom stereocenters. The van der Waals surface area contributed by atoms with Crippen molar-refractivity contribution in [2.24, 2.45) is 0 Å². The fourth-order valence-electron chi connectivity index (χ4n) is 2.53. The first-order chi connectivity index (χ1) is 13.2. The van der Waals surface area contributed by atoms with Gasteiger partial charge in [0.05, 0.1) is 12.9 Å². The Morgan fingerprint density at radius 3 is 2.59 bits per heavy atom. The Morgan fingerprint density at radius 2 is 1.85 bits per heavy atom. The minimum atomic E-state index is -0.206. The van der Waals surface area contributed by atoms with Crippen LogP contribution in [0, 0.1) is 0 Å². The van der Waals surface area contributed by atoms with Crippen LogP contribution in [0.15, 0.2) is 73.1 Å². The van der Waals surface area contributed by atoms with Gasteiger partial charge in [-0.25, -0.2) is 0 Å². The molecule has 0 aliphatic rings. The molecule has 0 amide bonds. The zero-order chi connectivity index (χ0) is 18.9. The van der Waals surface area contributed by atoms with Crippen LogP contribution < -0.4 is 4.74 Å². The molecule has 0 radical (unpaired) electrons. The van der Waals surface area contributed by atoms with Crippen LogP contribution in [0.5, 0.6) is 5.75 Å². The molecule has 0 saturated heterocycles. The van der Waals surface area contributed by atoms with Crippen LogP contribution in [0.2, 0.25) is 0 Å². The molecular weight excluding hydrogens is 358 g/mol. The highest BCUT2D eigenvalue weighted by atomic mass is 32.2. The van der Waals surface area contributed by atoms with E-state index in [-0.39, 0.29) is 5.97 Å². The summed E-state index contributed by atoms with van der Waals surface area (Å²) in [4.78, 5) is 15.3. The number of aromatic nitrogens is 1. The van der Waals surface area contributed by atoms with E-state index in [1.807, 2.05) is 42.6 Å². The van der Waals surface area contributed by atoms with E-state index in [4.69, 9.17) is 4.74 Å². The number of methoxy groups -OCH3 is 1. The molecule has 0 spiro atoms. The van der Waals surface area contributed by atoms with Crippen LogP contribution in [0.1, 0.15) is 11.1 Å². The van der Waals surface area contributed by atoms with E-state index in [2.05, 4.69) is 34.0 Å². The van der Waals surface area contributed by atoms with Crippen LogP contribution in [-0.2, 0) is 21.9 Å². The maximum Gasteiger partial charge on any atom is 0.315 e. The van der Waals surface area contributed by atoms with Gasteiger partial charge in [-0.15, -0.1) is 11.8 Å². The summed E-state index contributed by atoms with van der Waals surface area (Å²) in [6, 6.07) is 20.2. The fraction of sp³-hybridized carbons (Fsp3) is 0.182. The molecule has 27 heavy (non-hydrogen) atoms. The predicted molar refractivity (Wildman–Crippen MR) is 109 cm³/mol. The van der Waals surface area contributed by atoms with Gasteiger partial charge in [0.15, 0.2) is 0 Å². The SMILES string of the molecule is COC(=O)CSCc1cccc(OCc2ccc(-c3cccnc3)cc2)c1. The lowest BCUT2D eigenvalue weighted by Gasteiger charge is -2.09. The van der Waals surface area contributed by atoms with Crippen molar-refractivity contribution in [3.63, 3.8) is 0 Å². The first-order valence-corrected chi connectivity index (χ1v) is 9.76. The lowest BCUT2D eigenvalue weighted by atomic mass is 10.1. The summed E-state index contributed by atoms with van der Waals surface area (Å²) in [5, 5.41) is 0. The zero-order valence-electron chi connectivity index (χ0n) is 15.1. The van der Waals surface area contributed by atoms with Crippen LogP contribution in [0.25, 0.3) is 11.1 Å². The lowest BCUT2D eigenvalue weighted by molar-refractivity contribution is -0.137. The van der Waals surface area contributed by atoms with Gasteiger partial charge in [0.25, 0.3) is 0 Å². The summed E-state index contributed by atoms with van der Waals surface area (Å²) in [6.07, 6.45) is 3.63. The molecule has 3 rings (SSSR count). The van der Waals surface area contributed by atoms with E-state index >= 15 is 0 Å². The Labute approximate surface area is 163 Å². The van der Waals surface area contributed by atoms with Gasteiger partial charge in [0.1, 0.15) is 12.4 Å². The Hall–Kier alpha value is -2.79. The van der Waals surface area contributed by atoms with Crippen molar-refractivity contribution >= 4 is 17.7 Å². The van der Waals surface area contributed by atoms with E-state index in [1.165, 1.54) is 18.9 Å². The minimum absolute atomic E-state index is 0.206. The Balaban J connectivity index is 1.54. The number of carbonyl (C=O) groups excluding carboxylic acids is 1. The summed E-state index contributed by atoms with van der Waals surface area (Å²) in [5.41, 5.74) is 4.46. The highest BCUT2D eigenvalue weighted by Gasteiger charge is 2.03. The zero-order valence-corrected chi connectivity index (χ0v) is 15.9. The minimum Gasteiger partial charge on any atom is -0.489 e. The van der Waals surface area contributed by atoms with Crippen molar-refractivity contribution in [1.82, 2.24) is 4.98 Å². The number of benzene rings is 2. The fourth-order valence-corrected chi connectivity index (χ4v) is 3.33. The number of carbonyl (C=O) groups is 1. The smallest absolute Gasteiger partial charge is 0.315 e. The van der Waals surface area contributed by atoms with Crippen LogP contribution >= 0.6 is 11.8 Å². The summed E-state index contributed by atoms with van der Waals surface area (Å²) >= 11 is 1.53. The number of nitrogens with zero attached hydrogens (tertiary/aromatic N) is 1. The molecule has 4 nitrogen and oxygen atoms in total. The number of rotatable bonds is 8. The van der Waals surface area contributed by atoms with Crippen LogP contribution in [-0.4, -0.2) is 23.8 Å².